The summed E-state index contributed by atoms with van der Waals surface area (Å²) in [5.41, 5.74) is 1.28. The van der Waals surface area contributed by atoms with Gasteiger partial charge in [0.1, 0.15) is 0 Å². The van der Waals surface area contributed by atoms with Crippen LogP contribution < -0.4 is 0 Å². The highest BCUT2D eigenvalue weighted by Crippen LogP contribution is 2.42. The van der Waals surface area contributed by atoms with Crippen LogP contribution in [0.3, 0.4) is 0 Å². The third kappa shape index (κ3) is 2.51. The molecule has 0 radical (unpaired) electrons. The number of rotatable bonds is 4. The lowest BCUT2D eigenvalue weighted by atomic mass is 10.0. The minimum absolute atomic E-state index is 0.146. The monoisotopic (exact) mass is 294 g/mol. The normalized spacial score (nSPS) is 19.4. The summed E-state index contributed by atoms with van der Waals surface area (Å²) >= 11 is 8.07. The summed E-state index contributed by atoms with van der Waals surface area (Å²) in [6.45, 7) is 2.10. The van der Waals surface area contributed by atoms with Crippen LogP contribution in [0.15, 0.2) is 33.7 Å². The lowest BCUT2D eigenvalue weighted by Crippen LogP contribution is -2.00. The molecule has 100 valence electrons. The summed E-state index contributed by atoms with van der Waals surface area (Å²) in [6.07, 6.45) is 1.89. The molecule has 0 aliphatic carbocycles. The zero-order valence-corrected chi connectivity index (χ0v) is 12.2. The number of fused-ring (bicyclic) bond motifs is 1. The van der Waals surface area contributed by atoms with Crippen LogP contribution in [0.2, 0.25) is 0 Å². The number of benzene rings is 1. The van der Waals surface area contributed by atoms with Crippen LogP contribution in [0.25, 0.3) is 0 Å². The highest BCUT2D eigenvalue weighted by atomic mass is 35.5. The van der Waals surface area contributed by atoms with Crippen LogP contribution in [-0.4, -0.2) is 15.9 Å². The maximum atomic E-state index is 6.24. The standard InChI is InChI=1S/C14H15ClN2OS/c1-2-5-11(15)13-16-14(18-17-13)10-8-19-12-7-4-3-6-9(10)12/h3-4,6-7,10-11H,2,5,8H2,1H3. The van der Waals surface area contributed by atoms with Gasteiger partial charge in [0.05, 0.1) is 11.3 Å². The molecular weight excluding hydrogens is 280 g/mol. The molecule has 0 spiro atoms. The molecule has 0 amide bonds. The lowest BCUT2D eigenvalue weighted by Gasteiger charge is -2.04. The average Bonchev–Trinajstić information content (AvgIpc) is 3.05. The fraction of sp³-hybridized carbons (Fsp3) is 0.429. The van der Waals surface area contributed by atoms with Crippen molar-refractivity contribution in [2.75, 3.05) is 5.75 Å². The topological polar surface area (TPSA) is 38.9 Å². The van der Waals surface area contributed by atoms with E-state index in [0.717, 1.165) is 18.6 Å². The smallest absolute Gasteiger partial charge is 0.235 e. The molecule has 0 saturated carbocycles. The summed E-state index contributed by atoms with van der Waals surface area (Å²) in [7, 11) is 0. The van der Waals surface area contributed by atoms with Gasteiger partial charge in [-0.2, -0.15) is 4.98 Å². The predicted octanol–water partition coefficient (Wildman–Crippen LogP) is 4.39. The van der Waals surface area contributed by atoms with E-state index in [1.54, 1.807) is 0 Å². The second-order valence-corrected chi connectivity index (χ2v) is 6.24. The van der Waals surface area contributed by atoms with Crippen molar-refractivity contribution in [1.82, 2.24) is 10.1 Å². The molecule has 0 saturated heterocycles. The van der Waals surface area contributed by atoms with Crippen molar-refractivity contribution >= 4 is 23.4 Å². The largest absolute Gasteiger partial charge is 0.339 e. The number of halogens is 1. The summed E-state index contributed by atoms with van der Waals surface area (Å²) < 4.78 is 5.41. The molecular formula is C14H15ClN2OS. The zero-order valence-electron chi connectivity index (χ0n) is 10.7. The number of alkyl halides is 1. The van der Waals surface area contributed by atoms with Crippen LogP contribution in [0.1, 0.15) is 48.3 Å². The fourth-order valence-electron chi connectivity index (χ4n) is 2.27. The molecule has 1 aliphatic rings. The summed E-state index contributed by atoms with van der Waals surface area (Å²) in [6, 6.07) is 8.38. The van der Waals surface area contributed by atoms with Gasteiger partial charge in [0.15, 0.2) is 5.82 Å². The molecule has 3 nitrogen and oxygen atoms in total. The number of hydrogen-bond acceptors (Lipinski definition) is 4. The van der Waals surface area contributed by atoms with E-state index in [1.165, 1.54) is 10.5 Å². The molecule has 2 heterocycles. The van der Waals surface area contributed by atoms with Crippen molar-refractivity contribution in [3.63, 3.8) is 0 Å². The van der Waals surface area contributed by atoms with Gasteiger partial charge in [0.2, 0.25) is 5.89 Å². The third-order valence-electron chi connectivity index (χ3n) is 3.28. The summed E-state index contributed by atoms with van der Waals surface area (Å²) in [4.78, 5) is 5.80. The van der Waals surface area contributed by atoms with Gasteiger partial charge in [0.25, 0.3) is 0 Å². The fourth-order valence-corrected chi connectivity index (χ4v) is 3.79. The minimum atomic E-state index is -0.146. The number of thioether (sulfide) groups is 1. The maximum Gasteiger partial charge on any atom is 0.235 e. The first-order chi connectivity index (χ1) is 9.29. The Hall–Kier alpha value is -1.00. The second kappa shape index (κ2) is 5.55. The Labute approximate surface area is 121 Å². The van der Waals surface area contributed by atoms with Gasteiger partial charge in [0, 0.05) is 10.6 Å². The number of nitrogens with zero attached hydrogens (tertiary/aromatic N) is 2. The van der Waals surface area contributed by atoms with E-state index in [1.807, 2.05) is 11.8 Å². The molecule has 2 unspecified atom stereocenters. The van der Waals surface area contributed by atoms with Crippen LogP contribution in [0, 0.1) is 0 Å². The van der Waals surface area contributed by atoms with Crippen LogP contribution >= 0.6 is 23.4 Å². The van der Waals surface area contributed by atoms with Gasteiger partial charge in [-0.25, -0.2) is 0 Å². The summed E-state index contributed by atoms with van der Waals surface area (Å²) in [5.74, 6) is 2.47. The van der Waals surface area contributed by atoms with Crippen molar-refractivity contribution in [2.24, 2.45) is 0 Å². The Morgan fingerprint density at radius 3 is 3.16 bits per heavy atom. The quantitative estimate of drug-likeness (QED) is 0.784. The number of hydrogen-bond donors (Lipinski definition) is 0. The van der Waals surface area contributed by atoms with E-state index in [2.05, 4.69) is 41.3 Å². The van der Waals surface area contributed by atoms with Gasteiger partial charge in [-0.1, -0.05) is 36.7 Å². The maximum absolute atomic E-state index is 6.24. The third-order valence-corrected chi connectivity index (χ3v) is 4.87. The molecule has 2 atom stereocenters. The molecule has 0 N–H and O–H groups in total. The SMILES string of the molecule is CCCC(Cl)c1noc(C2CSc3ccccc32)n1. The van der Waals surface area contributed by atoms with Crippen LogP contribution in [0.5, 0.6) is 0 Å². The first kappa shape index (κ1) is 13.0. The molecule has 1 aromatic carbocycles. The van der Waals surface area contributed by atoms with Crippen LogP contribution in [0.4, 0.5) is 0 Å². The van der Waals surface area contributed by atoms with Gasteiger partial charge in [-0.15, -0.1) is 23.4 Å². The molecule has 3 rings (SSSR count). The Balaban J connectivity index is 1.85. The van der Waals surface area contributed by atoms with E-state index in [4.69, 9.17) is 16.1 Å². The van der Waals surface area contributed by atoms with Gasteiger partial charge >= 0.3 is 0 Å². The van der Waals surface area contributed by atoms with Gasteiger partial charge in [-0.3, -0.25) is 0 Å². The summed E-state index contributed by atoms with van der Waals surface area (Å²) in [5, 5.41) is 3.88. The Morgan fingerprint density at radius 2 is 2.32 bits per heavy atom. The van der Waals surface area contributed by atoms with E-state index in [0.29, 0.717) is 11.7 Å². The Morgan fingerprint density at radius 1 is 1.47 bits per heavy atom. The lowest BCUT2D eigenvalue weighted by molar-refractivity contribution is 0.366. The van der Waals surface area contributed by atoms with Crippen molar-refractivity contribution in [1.29, 1.82) is 0 Å². The average molecular weight is 295 g/mol. The highest BCUT2D eigenvalue weighted by molar-refractivity contribution is 7.99. The van der Waals surface area contributed by atoms with Crippen molar-refractivity contribution in [3.05, 3.63) is 41.5 Å². The van der Waals surface area contributed by atoms with E-state index in [9.17, 15) is 0 Å². The second-order valence-electron chi connectivity index (χ2n) is 4.65. The first-order valence-electron chi connectivity index (χ1n) is 6.49. The molecule has 1 aliphatic heterocycles. The van der Waals surface area contributed by atoms with Crippen molar-refractivity contribution < 1.29 is 4.52 Å². The van der Waals surface area contributed by atoms with Crippen LogP contribution in [-0.2, 0) is 0 Å². The Kier molecular flexibility index (Phi) is 3.80. The first-order valence-corrected chi connectivity index (χ1v) is 7.91. The molecule has 1 aromatic heterocycles. The molecule has 0 bridgehead atoms. The van der Waals surface area contributed by atoms with Gasteiger partial charge < -0.3 is 4.52 Å². The zero-order chi connectivity index (χ0) is 13.2. The molecule has 2 aromatic rings. The minimum Gasteiger partial charge on any atom is -0.339 e. The van der Waals surface area contributed by atoms with E-state index < -0.39 is 0 Å². The van der Waals surface area contributed by atoms with E-state index >= 15 is 0 Å². The predicted molar refractivity (Wildman–Crippen MR) is 76.8 cm³/mol. The molecule has 5 heteroatoms. The van der Waals surface area contributed by atoms with Crippen molar-refractivity contribution in [2.45, 2.75) is 36.0 Å². The van der Waals surface area contributed by atoms with Crippen molar-refractivity contribution in [3.8, 4) is 0 Å². The highest BCUT2D eigenvalue weighted by Gasteiger charge is 2.29. The molecule has 0 fully saturated rings. The number of aromatic nitrogens is 2. The Bertz CT molecular complexity index is 572. The van der Waals surface area contributed by atoms with Gasteiger partial charge in [-0.05, 0) is 18.1 Å². The molecule has 19 heavy (non-hydrogen) atoms. The van der Waals surface area contributed by atoms with E-state index in [-0.39, 0.29) is 11.3 Å².